The van der Waals surface area contributed by atoms with Crippen LogP contribution >= 0.6 is 11.8 Å². The highest BCUT2D eigenvalue weighted by molar-refractivity contribution is 7.99. The molecule has 0 spiro atoms. The van der Waals surface area contributed by atoms with Gasteiger partial charge in [0.1, 0.15) is 11.2 Å². The van der Waals surface area contributed by atoms with Crippen LogP contribution in [0.1, 0.15) is 0 Å². The summed E-state index contributed by atoms with van der Waals surface area (Å²) in [6.45, 7) is 0. The van der Waals surface area contributed by atoms with Gasteiger partial charge in [0.05, 0.1) is 23.3 Å². The van der Waals surface area contributed by atoms with Crippen molar-refractivity contribution >= 4 is 40.4 Å². The Kier molecular flexibility index (Phi) is 5.76. The number of rotatable bonds is 5. The van der Waals surface area contributed by atoms with Crippen molar-refractivity contribution in [2.45, 2.75) is 5.16 Å². The minimum atomic E-state index is -0.866. The van der Waals surface area contributed by atoms with Crippen molar-refractivity contribution in [2.24, 2.45) is 0 Å². The number of benzene rings is 2. The van der Waals surface area contributed by atoms with Crippen molar-refractivity contribution < 1.29 is 14.0 Å². The molecule has 0 atom stereocenters. The van der Waals surface area contributed by atoms with E-state index in [2.05, 4.69) is 25.7 Å². The summed E-state index contributed by atoms with van der Waals surface area (Å²) in [5, 5.41) is 9.06. The van der Waals surface area contributed by atoms with Crippen LogP contribution in [0.3, 0.4) is 0 Å². The van der Waals surface area contributed by atoms with E-state index in [9.17, 15) is 18.8 Å². The molecule has 0 saturated carbocycles. The molecule has 0 aliphatic heterocycles. The number of halogens is 1. The Bertz CT molecular complexity index is 1320. The molecule has 3 N–H and O–H groups in total. The topological polar surface area (TPSA) is 122 Å². The van der Waals surface area contributed by atoms with E-state index < -0.39 is 23.3 Å². The van der Waals surface area contributed by atoms with Gasteiger partial charge in [-0.25, -0.2) is 18.9 Å². The van der Waals surface area contributed by atoms with E-state index in [0.717, 1.165) is 17.4 Å². The number of aromatic amines is 1. The molecule has 9 nitrogen and oxygen atoms in total. The van der Waals surface area contributed by atoms with Crippen molar-refractivity contribution in [1.29, 1.82) is 0 Å². The first-order valence-corrected chi connectivity index (χ1v) is 10.0. The van der Waals surface area contributed by atoms with E-state index in [-0.39, 0.29) is 16.6 Å². The number of amides is 3. The maximum absolute atomic E-state index is 13.6. The summed E-state index contributed by atoms with van der Waals surface area (Å²) in [7, 11) is 0. The lowest BCUT2D eigenvalue weighted by Gasteiger charge is -2.07. The Morgan fingerprint density at radius 3 is 2.61 bits per heavy atom. The van der Waals surface area contributed by atoms with Crippen molar-refractivity contribution in [3.63, 3.8) is 0 Å². The number of thioether (sulfide) groups is 1. The van der Waals surface area contributed by atoms with E-state index in [0.29, 0.717) is 11.0 Å². The third-order valence-electron chi connectivity index (χ3n) is 4.13. The molecule has 3 amide bonds. The molecule has 31 heavy (non-hydrogen) atoms. The highest BCUT2D eigenvalue weighted by atomic mass is 32.2. The van der Waals surface area contributed by atoms with Gasteiger partial charge >= 0.3 is 6.03 Å². The average molecular weight is 438 g/mol. The van der Waals surface area contributed by atoms with Crippen LogP contribution in [0.25, 0.3) is 16.7 Å². The van der Waals surface area contributed by atoms with E-state index in [1.54, 1.807) is 6.07 Å². The predicted molar refractivity (Wildman–Crippen MR) is 114 cm³/mol. The fraction of sp³-hybridized carbons (Fsp3) is 0.0500. The highest BCUT2D eigenvalue weighted by Gasteiger charge is 2.14. The van der Waals surface area contributed by atoms with Crippen molar-refractivity contribution in [3.05, 3.63) is 77.0 Å². The number of carbonyl (C=O) groups excluding carboxylic acids is 2. The van der Waals surface area contributed by atoms with Gasteiger partial charge < -0.3 is 10.3 Å². The molecular weight excluding hydrogens is 423 g/mol. The lowest BCUT2D eigenvalue weighted by atomic mass is 10.3. The quantitative estimate of drug-likeness (QED) is 0.325. The molecule has 2 aromatic heterocycles. The second-order valence-electron chi connectivity index (χ2n) is 6.27. The number of H-pyrrole nitrogens is 1. The standard InChI is InChI=1S/C20H15FN6O3S/c21-14-8-4-5-9-15(14)23-19(30)24-16(28)11-31-20-25-17-13(18(29)26-20)10-22-27(17)12-6-2-1-3-7-12/h1-10H,11H2,(H,25,26,29)(H2,23,24,28,30). The van der Waals surface area contributed by atoms with Gasteiger partial charge in [-0.05, 0) is 24.3 Å². The largest absolute Gasteiger partial charge is 0.325 e. The molecular formula is C20H15FN6O3S. The average Bonchev–Trinajstić information content (AvgIpc) is 3.19. The van der Waals surface area contributed by atoms with Crippen LogP contribution in [-0.2, 0) is 4.79 Å². The number of para-hydroxylation sites is 2. The lowest BCUT2D eigenvalue weighted by Crippen LogP contribution is -2.35. The number of hydrogen-bond donors (Lipinski definition) is 3. The summed E-state index contributed by atoms with van der Waals surface area (Å²) in [6.07, 6.45) is 1.42. The van der Waals surface area contributed by atoms with Gasteiger partial charge in [0, 0.05) is 0 Å². The molecule has 0 aliphatic carbocycles. The monoisotopic (exact) mass is 438 g/mol. The third kappa shape index (κ3) is 4.61. The van der Waals surface area contributed by atoms with E-state index in [1.807, 2.05) is 30.3 Å². The minimum Gasteiger partial charge on any atom is -0.305 e. The molecule has 11 heteroatoms. The number of anilines is 1. The van der Waals surface area contributed by atoms with Crippen LogP contribution < -0.4 is 16.2 Å². The number of nitrogens with one attached hydrogen (secondary N) is 3. The zero-order valence-electron chi connectivity index (χ0n) is 15.8. The van der Waals surface area contributed by atoms with Crippen LogP contribution in [0.2, 0.25) is 0 Å². The lowest BCUT2D eigenvalue weighted by molar-refractivity contribution is -0.117. The summed E-state index contributed by atoms with van der Waals surface area (Å²) in [5.41, 5.74) is 0.628. The maximum atomic E-state index is 13.6. The second-order valence-corrected chi connectivity index (χ2v) is 7.24. The number of imide groups is 1. The first-order chi connectivity index (χ1) is 15.0. The SMILES string of the molecule is O=C(CSc1nc2c(cnn2-c2ccccc2)c(=O)[nH]1)NC(=O)Nc1ccccc1F. The molecule has 0 fully saturated rings. The first-order valence-electron chi connectivity index (χ1n) is 9.03. The highest BCUT2D eigenvalue weighted by Crippen LogP contribution is 2.17. The van der Waals surface area contributed by atoms with Gasteiger partial charge in [-0.3, -0.25) is 14.9 Å². The summed E-state index contributed by atoms with van der Waals surface area (Å²) < 4.78 is 15.1. The number of nitrogens with zero attached hydrogens (tertiary/aromatic N) is 3. The van der Waals surface area contributed by atoms with E-state index >= 15 is 0 Å². The van der Waals surface area contributed by atoms with Crippen molar-refractivity contribution in [1.82, 2.24) is 25.1 Å². The van der Waals surface area contributed by atoms with Crippen LogP contribution in [-0.4, -0.2) is 37.4 Å². The predicted octanol–water partition coefficient (Wildman–Crippen LogP) is 2.69. The van der Waals surface area contributed by atoms with Crippen molar-refractivity contribution in [2.75, 3.05) is 11.1 Å². The molecule has 4 aromatic rings. The van der Waals surface area contributed by atoms with Crippen LogP contribution in [0, 0.1) is 5.82 Å². The van der Waals surface area contributed by atoms with Gasteiger partial charge in [-0.1, -0.05) is 42.1 Å². The van der Waals surface area contributed by atoms with E-state index in [4.69, 9.17) is 0 Å². The smallest absolute Gasteiger partial charge is 0.305 e. The molecule has 0 unspecified atom stereocenters. The molecule has 0 radical (unpaired) electrons. The third-order valence-corrected chi connectivity index (χ3v) is 5.01. The molecule has 156 valence electrons. The van der Waals surface area contributed by atoms with Crippen LogP contribution in [0.5, 0.6) is 0 Å². The van der Waals surface area contributed by atoms with Gasteiger partial charge in [-0.2, -0.15) is 5.10 Å². The summed E-state index contributed by atoms with van der Waals surface area (Å²) >= 11 is 0.942. The van der Waals surface area contributed by atoms with Crippen LogP contribution in [0.4, 0.5) is 14.9 Å². The Labute approximate surface area is 178 Å². The van der Waals surface area contributed by atoms with Gasteiger partial charge in [0.15, 0.2) is 10.8 Å². The molecule has 0 saturated heterocycles. The normalized spacial score (nSPS) is 10.7. The summed E-state index contributed by atoms with van der Waals surface area (Å²) in [6, 6.07) is 13.9. The minimum absolute atomic E-state index is 0.0499. The van der Waals surface area contributed by atoms with Gasteiger partial charge in [0.2, 0.25) is 5.91 Å². The second kappa shape index (κ2) is 8.79. The van der Waals surface area contributed by atoms with Crippen molar-refractivity contribution in [3.8, 4) is 5.69 Å². The Morgan fingerprint density at radius 2 is 1.84 bits per heavy atom. The molecule has 4 rings (SSSR count). The Morgan fingerprint density at radius 1 is 1.10 bits per heavy atom. The first kappa shape index (κ1) is 20.3. The zero-order chi connectivity index (χ0) is 21.8. The maximum Gasteiger partial charge on any atom is 0.325 e. The fourth-order valence-electron chi connectivity index (χ4n) is 2.74. The van der Waals surface area contributed by atoms with Crippen LogP contribution in [0.15, 0.2) is 70.7 Å². The number of urea groups is 1. The molecule has 0 aliphatic rings. The molecule has 2 aromatic carbocycles. The number of fused-ring (bicyclic) bond motifs is 1. The summed E-state index contributed by atoms with van der Waals surface area (Å²) in [4.78, 5) is 43.2. The summed E-state index contributed by atoms with van der Waals surface area (Å²) in [5.74, 6) is -1.46. The van der Waals surface area contributed by atoms with E-state index in [1.165, 1.54) is 29.1 Å². The molecule has 0 bridgehead atoms. The number of hydrogen-bond acceptors (Lipinski definition) is 6. The molecule has 2 heterocycles. The Hall–Kier alpha value is -3.99. The van der Waals surface area contributed by atoms with Gasteiger partial charge in [0.25, 0.3) is 5.56 Å². The zero-order valence-corrected chi connectivity index (χ0v) is 16.6. The number of aromatic nitrogens is 4. The van der Waals surface area contributed by atoms with Gasteiger partial charge in [-0.15, -0.1) is 0 Å². The number of carbonyl (C=O) groups is 2. The fourth-order valence-corrected chi connectivity index (χ4v) is 3.39. The Balaban J connectivity index is 1.44.